The molecule has 0 bridgehead atoms. The van der Waals surface area contributed by atoms with E-state index >= 15 is 0 Å². The number of rotatable bonds is 6. The molecule has 148 valence electrons. The third kappa shape index (κ3) is 3.98. The van der Waals surface area contributed by atoms with Gasteiger partial charge in [0.1, 0.15) is 11.4 Å². The van der Waals surface area contributed by atoms with Crippen molar-refractivity contribution in [2.45, 2.75) is 6.54 Å². The van der Waals surface area contributed by atoms with Crippen LogP contribution in [0.25, 0.3) is 16.9 Å². The molecule has 0 saturated heterocycles. The van der Waals surface area contributed by atoms with Crippen LogP contribution in [0.3, 0.4) is 0 Å². The molecular weight excluding hydrogens is 386 g/mol. The number of amides is 1. The van der Waals surface area contributed by atoms with E-state index in [1.165, 1.54) is 11.3 Å². The second kappa shape index (κ2) is 8.02. The molecule has 0 spiro atoms. The molecule has 0 atom stereocenters. The van der Waals surface area contributed by atoms with Crippen LogP contribution in [0.5, 0.6) is 5.75 Å². The molecule has 3 aromatic heterocycles. The molecule has 8 heteroatoms. The summed E-state index contributed by atoms with van der Waals surface area (Å²) in [5, 5.41) is 5.35. The Morgan fingerprint density at radius 1 is 1.17 bits per heavy atom. The molecule has 1 amide bonds. The van der Waals surface area contributed by atoms with Crippen molar-refractivity contribution in [3.8, 4) is 17.0 Å². The van der Waals surface area contributed by atoms with Gasteiger partial charge in [-0.2, -0.15) is 0 Å². The molecule has 7 nitrogen and oxygen atoms in total. The van der Waals surface area contributed by atoms with E-state index in [1.807, 2.05) is 77.4 Å². The predicted molar refractivity (Wildman–Crippen MR) is 115 cm³/mol. The number of fused-ring (bicyclic) bond motifs is 1. The molecule has 29 heavy (non-hydrogen) atoms. The number of benzene rings is 1. The minimum atomic E-state index is -0.263. The Hall–Kier alpha value is -3.23. The van der Waals surface area contributed by atoms with Crippen molar-refractivity contribution in [1.29, 1.82) is 0 Å². The van der Waals surface area contributed by atoms with Crippen molar-refractivity contribution >= 4 is 28.0 Å². The number of carbonyl (C=O) groups excluding carboxylic acids is 1. The maximum atomic E-state index is 13.0. The van der Waals surface area contributed by atoms with Gasteiger partial charge < -0.3 is 14.0 Å². The molecule has 1 N–H and O–H groups in total. The van der Waals surface area contributed by atoms with Gasteiger partial charge in [0.25, 0.3) is 5.91 Å². The second-order valence-electron chi connectivity index (χ2n) is 6.79. The van der Waals surface area contributed by atoms with Crippen molar-refractivity contribution in [3.05, 3.63) is 65.4 Å². The Bertz CT molecular complexity index is 1150. The Morgan fingerprint density at radius 3 is 2.69 bits per heavy atom. The zero-order chi connectivity index (χ0) is 20.4. The van der Waals surface area contributed by atoms with E-state index in [1.54, 1.807) is 7.11 Å². The van der Waals surface area contributed by atoms with Gasteiger partial charge >= 0.3 is 0 Å². The van der Waals surface area contributed by atoms with Crippen molar-refractivity contribution in [1.82, 2.24) is 19.3 Å². The average molecular weight is 407 g/mol. The highest BCUT2D eigenvalue weighted by atomic mass is 32.1. The number of carbonyl (C=O) groups is 1. The number of thiazole rings is 1. The number of nitrogens with zero attached hydrogens (tertiary/aromatic N) is 4. The summed E-state index contributed by atoms with van der Waals surface area (Å²) >= 11 is 1.38. The predicted octanol–water partition coefficient (Wildman–Crippen LogP) is 3.78. The highest BCUT2D eigenvalue weighted by Gasteiger charge is 2.20. The summed E-state index contributed by atoms with van der Waals surface area (Å²) < 4.78 is 7.13. The van der Waals surface area contributed by atoms with Crippen molar-refractivity contribution in [3.63, 3.8) is 0 Å². The molecule has 1 aromatic carbocycles. The molecule has 0 aliphatic heterocycles. The number of imidazole rings is 1. The molecular formula is C21H21N5O2S. The summed E-state index contributed by atoms with van der Waals surface area (Å²) in [6, 6.07) is 13.4. The number of aromatic nitrogens is 3. The first-order valence-corrected chi connectivity index (χ1v) is 9.95. The number of pyridine rings is 1. The third-order valence-electron chi connectivity index (χ3n) is 4.42. The standard InChI is InChI=1S/C21H21N5O2S/c1-25(2)12-17-19(23-18-6-4-5-11-26(17)18)20(27)24-21-22-16(13-29-21)14-7-9-15(28-3)10-8-14/h4-11,13H,12H2,1-3H3,(H,22,24,27). The van der Waals surface area contributed by atoms with Gasteiger partial charge in [-0.05, 0) is 50.5 Å². The van der Waals surface area contributed by atoms with Gasteiger partial charge in [-0.1, -0.05) is 6.07 Å². The number of ether oxygens (including phenoxy) is 1. The lowest BCUT2D eigenvalue weighted by atomic mass is 10.2. The number of anilines is 1. The van der Waals surface area contributed by atoms with E-state index < -0.39 is 0 Å². The van der Waals surface area contributed by atoms with Crippen LogP contribution < -0.4 is 10.1 Å². The van der Waals surface area contributed by atoms with E-state index in [-0.39, 0.29) is 5.91 Å². The summed E-state index contributed by atoms with van der Waals surface area (Å²) in [5.74, 6) is 0.527. The molecule has 0 radical (unpaired) electrons. The van der Waals surface area contributed by atoms with Crippen LogP contribution in [0, 0.1) is 0 Å². The van der Waals surface area contributed by atoms with Crippen LogP contribution in [-0.2, 0) is 6.54 Å². The van der Waals surface area contributed by atoms with Crippen LogP contribution in [0.2, 0.25) is 0 Å². The topological polar surface area (TPSA) is 71.8 Å². The molecule has 0 fully saturated rings. The largest absolute Gasteiger partial charge is 0.497 e. The molecule has 3 heterocycles. The smallest absolute Gasteiger partial charge is 0.278 e. The molecule has 4 rings (SSSR count). The summed E-state index contributed by atoms with van der Waals surface area (Å²) in [6.45, 7) is 0.600. The van der Waals surface area contributed by atoms with E-state index in [2.05, 4.69) is 15.3 Å². The third-order valence-corrected chi connectivity index (χ3v) is 5.18. The van der Waals surface area contributed by atoms with Gasteiger partial charge in [-0.3, -0.25) is 10.1 Å². The Morgan fingerprint density at radius 2 is 1.97 bits per heavy atom. The zero-order valence-electron chi connectivity index (χ0n) is 16.4. The minimum absolute atomic E-state index is 0.263. The van der Waals surface area contributed by atoms with Crippen LogP contribution in [-0.4, -0.2) is 46.4 Å². The lowest BCUT2D eigenvalue weighted by Gasteiger charge is -2.10. The highest BCUT2D eigenvalue weighted by molar-refractivity contribution is 7.14. The number of nitrogens with one attached hydrogen (secondary N) is 1. The fraction of sp³-hybridized carbons (Fsp3) is 0.190. The summed E-state index contributed by atoms with van der Waals surface area (Å²) in [6.07, 6.45) is 1.92. The maximum Gasteiger partial charge on any atom is 0.278 e. The normalized spacial score (nSPS) is 11.2. The minimum Gasteiger partial charge on any atom is -0.497 e. The first-order chi connectivity index (χ1) is 14.0. The van der Waals surface area contributed by atoms with Gasteiger partial charge in [-0.25, -0.2) is 9.97 Å². The van der Waals surface area contributed by atoms with Gasteiger partial charge in [0, 0.05) is 23.7 Å². The Kier molecular flexibility index (Phi) is 5.28. The summed E-state index contributed by atoms with van der Waals surface area (Å²) in [5.41, 5.74) is 3.76. The Labute approximate surface area is 172 Å². The van der Waals surface area contributed by atoms with E-state index in [9.17, 15) is 4.79 Å². The zero-order valence-corrected chi connectivity index (χ0v) is 17.2. The SMILES string of the molecule is COc1ccc(-c2csc(NC(=O)c3nc4ccccn4c3CN(C)C)n2)cc1. The molecule has 0 saturated carbocycles. The molecule has 0 unspecified atom stereocenters. The summed E-state index contributed by atoms with van der Waals surface area (Å²) in [4.78, 5) is 24.1. The number of methoxy groups -OCH3 is 1. The van der Waals surface area contributed by atoms with Crippen LogP contribution in [0.1, 0.15) is 16.2 Å². The van der Waals surface area contributed by atoms with Gasteiger partial charge in [0.15, 0.2) is 10.8 Å². The number of hydrogen-bond acceptors (Lipinski definition) is 6. The highest BCUT2D eigenvalue weighted by Crippen LogP contribution is 2.27. The second-order valence-corrected chi connectivity index (χ2v) is 7.65. The molecule has 0 aliphatic rings. The van der Waals surface area contributed by atoms with Gasteiger partial charge in [0.2, 0.25) is 0 Å². The fourth-order valence-electron chi connectivity index (χ4n) is 3.06. The van der Waals surface area contributed by atoms with Crippen molar-refractivity contribution in [2.24, 2.45) is 0 Å². The van der Waals surface area contributed by atoms with E-state index in [0.29, 0.717) is 17.4 Å². The monoisotopic (exact) mass is 407 g/mol. The van der Waals surface area contributed by atoms with Gasteiger partial charge in [0.05, 0.1) is 18.5 Å². The van der Waals surface area contributed by atoms with Crippen molar-refractivity contribution in [2.75, 3.05) is 26.5 Å². The van der Waals surface area contributed by atoms with Gasteiger partial charge in [-0.15, -0.1) is 11.3 Å². The average Bonchev–Trinajstić information content (AvgIpc) is 3.33. The Balaban J connectivity index is 1.59. The molecule has 4 aromatic rings. The lowest BCUT2D eigenvalue weighted by Crippen LogP contribution is -2.19. The first kappa shape index (κ1) is 19.1. The van der Waals surface area contributed by atoms with E-state index in [4.69, 9.17) is 4.74 Å². The maximum absolute atomic E-state index is 13.0. The lowest BCUT2D eigenvalue weighted by molar-refractivity contribution is 0.102. The van der Waals surface area contributed by atoms with Crippen LogP contribution in [0.15, 0.2) is 54.0 Å². The van der Waals surface area contributed by atoms with Crippen LogP contribution >= 0.6 is 11.3 Å². The first-order valence-electron chi connectivity index (χ1n) is 9.07. The quantitative estimate of drug-likeness (QED) is 0.527. The fourth-order valence-corrected chi connectivity index (χ4v) is 3.78. The van der Waals surface area contributed by atoms with Crippen molar-refractivity contribution < 1.29 is 9.53 Å². The number of hydrogen-bond donors (Lipinski definition) is 1. The molecule has 0 aliphatic carbocycles. The van der Waals surface area contributed by atoms with E-state index in [0.717, 1.165) is 28.3 Å². The van der Waals surface area contributed by atoms with Crippen LogP contribution in [0.4, 0.5) is 5.13 Å². The summed E-state index contributed by atoms with van der Waals surface area (Å²) in [7, 11) is 5.56.